The fourth-order valence-electron chi connectivity index (χ4n) is 4.77. The SMILES string of the molecule is CCOC(=O)ON1CCN(C(=O)[C@H](CCC(=O)OC(C)(C)C)NC(=O)c2cc(NCc3ccccc3)nc(-c3ccccc3)n2)CC1. The van der Waals surface area contributed by atoms with Crippen LogP contribution in [0.25, 0.3) is 11.4 Å². The molecule has 47 heavy (non-hydrogen) atoms. The number of ether oxygens (including phenoxy) is 2. The van der Waals surface area contributed by atoms with Gasteiger partial charge in [-0.2, -0.15) is 0 Å². The van der Waals surface area contributed by atoms with Crippen LogP contribution in [0.2, 0.25) is 0 Å². The number of carbonyl (C=O) groups excluding carboxylic acids is 4. The summed E-state index contributed by atoms with van der Waals surface area (Å²) < 4.78 is 10.3. The maximum atomic E-state index is 13.8. The lowest BCUT2D eigenvalue weighted by Crippen LogP contribution is -2.55. The van der Waals surface area contributed by atoms with E-state index in [1.807, 2.05) is 60.7 Å². The van der Waals surface area contributed by atoms with Gasteiger partial charge >= 0.3 is 12.1 Å². The van der Waals surface area contributed by atoms with E-state index in [9.17, 15) is 19.2 Å². The highest BCUT2D eigenvalue weighted by molar-refractivity contribution is 5.97. The van der Waals surface area contributed by atoms with E-state index in [1.54, 1.807) is 32.6 Å². The molecule has 13 nitrogen and oxygen atoms in total. The summed E-state index contributed by atoms with van der Waals surface area (Å²) >= 11 is 0. The highest BCUT2D eigenvalue weighted by Crippen LogP contribution is 2.19. The zero-order valence-electron chi connectivity index (χ0n) is 27.2. The molecule has 2 amide bonds. The van der Waals surface area contributed by atoms with Crippen molar-refractivity contribution >= 4 is 29.8 Å². The van der Waals surface area contributed by atoms with E-state index >= 15 is 0 Å². The average Bonchev–Trinajstić information content (AvgIpc) is 3.05. The molecule has 1 aliphatic rings. The third-order valence-electron chi connectivity index (χ3n) is 6.98. The molecule has 1 aromatic heterocycles. The summed E-state index contributed by atoms with van der Waals surface area (Å²) in [7, 11) is 0. The van der Waals surface area contributed by atoms with Gasteiger partial charge in [0.1, 0.15) is 23.2 Å². The van der Waals surface area contributed by atoms with E-state index in [4.69, 9.17) is 14.3 Å². The van der Waals surface area contributed by atoms with Crippen LogP contribution in [0.4, 0.5) is 10.6 Å². The summed E-state index contributed by atoms with van der Waals surface area (Å²) in [5.41, 5.74) is 1.09. The molecule has 0 bridgehead atoms. The van der Waals surface area contributed by atoms with Gasteiger partial charge in [-0.05, 0) is 39.7 Å². The molecule has 0 radical (unpaired) electrons. The minimum absolute atomic E-state index is 0.00870. The van der Waals surface area contributed by atoms with Gasteiger partial charge in [0.15, 0.2) is 5.82 Å². The zero-order chi connectivity index (χ0) is 33.8. The lowest BCUT2D eigenvalue weighted by molar-refractivity contribution is -0.158. The first kappa shape index (κ1) is 34.8. The van der Waals surface area contributed by atoms with Crippen LogP contribution in [0.1, 0.15) is 56.6 Å². The summed E-state index contributed by atoms with van der Waals surface area (Å²) in [4.78, 5) is 67.7. The molecule has 1 saturated heterocycles. The molecule has 4 rings (SSSR count). The van der Waals surface area contributed by atoms with E-state index in [1.165, 1.54) is 11.1 Å². The quantitative estimate of drug-likeness (QED) is 0.272. The second kappa shape index (κ2) is 16.5. The number of nitrogens with zero attached hydrogens (tertiary/aromatic N) is 4. The number of carbonyl (C=O) groups is 4. The summed E-state index contributed by atoms with van der Waals surface area (Å²) in [5.74, 6) is -0.694. The van der Waals surface area contributed by atoms with Crippen molar-refractivity contribution in [1.82, 2.24) is 25.2 Å². The number of hydroxylamine groups is 2. The molecule has 1 aliphatic heterocycles. The van der Waals surface area contributed by atoms with Crippen LogP contribution in [0.15, 0.2) is 66.7 Å². The normalized spacial score (nSPS) is 14.1. The van der Waals surface area contributed by atoms with E-state index in [-0.39, 0.29) is 57.2 Å². The van der Waals surface area contributed by atoms with Gasteiger partial charge in [-0.1, -0.05) is 60.7 Å². The van der Waals surface area contributed by atoms with Gasteiger partial charge < -0.3 is 29.8 Å². The molecule has 1 fully saturated rings. The highest BCUT2D eigenvalue weighted by Gasteiger charge is 2.31. The minimum atomic E-state index is -1.05. The van der Waals surface area contributed by atoms with E-state index in [0.717, 1.165) is 5.56 Å². The zero-order valence-corrected chi connectivity index (χ0v) is 27.2. The van der Waals surface area contributed by atoms with Crippen molar-refractivity contribution < 1.29 is 33.5 Å². The number of rotatable bonds is 12. The predicted molar refractivity (Wildman–Crippen MR) is 174 cm³/mol. The van der Waals surface area contributed by atoms with Crippen LogP contribution in [0.3, 0.4) is 0 Å². The number of benzene rings is 2. The van der Waals surface area contributed by atoms with Gasteiger partial charge in [0.2, 0.25) is 5.91 Å². The molecular weight excluding hydrogens is 604 g/mol. The van der Waals surface area contributed by atoms with E-state index < -0.39 is 29.7 Å². The van der Waals surface area contributed by atoms with Crippen LogP contribution in [-0.2, 0) is 30.4 Å². The van der Waals surface area contributed by atoms with Crippen molar-refractivity contribution in [3.8, 4) is 11.4 Å². The predicted octanol–water partition coefficient (Wildman–Crippen LogP) is 4.21. The molecule has 3 aromatic rings. The Balaban J connectivity index is 1.53. The maximum Gasteiger partial charge on any atom is 0.527 e. The number of amides is 2. The lowest BCUT2D eigenvalue weighted by Gasteiger charge is -2.35. The fraction of sp³-hybridized carbons (Fsp3) is 0.412. The number of aromatic nitrogens is 2. The number of piperazine rings is 1. The molecule has 13 heteroatoms. The molecule has 2 N–H and O–H groups in total. The molecule has 2 aromatic carbocycles. The molecule has 1 atom stereocenters. The third kappa shape index (κ3) is 11.1. The minimum Gasteiger partial charge on any atom is -0.460 e. The van der Waals surface area contributed by atoms with Crippen molar-refractivity contribution in [2.45, 2.75) is 58.7 Å². The van der Waals surface area contributed by atoms with Gasteiger partial charge in [-0.3, -0.25) is 14.4 Å². The van der Waals surface area contributed by atoms with Gasteiger partial charge in [0.05, 0.1) is 19.7 Å². The molecule has 0 spiro atoms. The monoisotopic (exact) mass is 646 g/mol. The van der Waals surface area contributed by atoms with Crippen LogP contribution in [0.5, 0.6) is 0 Å². The van der Waals surface area contributed by atoms with E-state index in [2.05, 4.69) is 20.6 Å². The summed E-state index contributed by atoms with van der Waals surface area (Å²) in [6.45, 7) is 8.57. The second-order valence-corrected chi connectivity index (χ2v) is 11.8. The molecule has 2 heterocycles. The van der Waals surface area contributed by atoms with Crippen molar-refractivity contribution in [2.24, 2.45) is 0 Å². The first-order valence-electron chi connectivity index (χ1n) is 15.6. The number of anilines is 1. The fourth-order valence-corrected chi connectivity index (χ4v) is 4.77. The Bertz CT molecular complexity index is 1510. The Kier molecular flexibility index (Phi) is 12.2. The van der Waals surface area contributed by atoms with Crippen molar-refractivity contribution in [3.05, 3.63) is 78.0 Å². The van der Waals surface area contributed by atoms with Gasteiger partial charge in [0.25, 0.3) is 5.91 Å². The Morgan fingerprint density at radius 3 is 2.21 bits per heavy atom. The van der Waals surface area contributed by atoms with Gasteiger partial charge in [-0.15, -0.1) is 5.06 Å². The summed E-state index contributed by atoms with van der Waals surface area (Å²) in [5, 5.41) is 7.50. The maximum absolute atomic E-state index is 13.8. The summed E-state index contributed by atoms with van der Waals surface area (Å²) in [6, 6.07) is 19.5. The van der Waals surface area contributed by atoms with Gasteiger partial charge in [0, 0.05) is 37.7 Å². The molecular formula is C34H42N6O7. The lowest BCUT2D eigenvalue weighted by atomic mass is 10.1. The summed E-state index contributed by atoms with van der Waals surface area (Å²) in [6.07, 6.45) is -0.899. The van der Waals surface area contributed by atoms with Crippen LogP contribution in [-0.4, -0.2) is 88.3 Å². The van der Waals surface area contributed by atoms with Crippen LogP contribution >= 0.6 is 0 Å². The van der Waals surface area contributed by atoms with Crippen LogP contribution < -0.4 is 10.6 Å². The second-order valence-electron chi connectivity index (χ2n) is 11.8. The first-order valence-corrected chi connectivity index (χ1v) is 15.6. The molecule has 0 saturated carbocycles. The van der Waals surface area contributed by atoms with Crippen molar-refractivity contribution in [2.75, 3.05) is 38.1 Å². The smallest absolute Gasteiger partial charge is 0.460 e. The standard InChI is InChI=1S/C34H42N6O7/c1-5-45-33(44)47-40-20-18-39(19-21-40)32(43)26(16-17-29(41)46-34(2,3)4)37-31(42)27-22-28(35-23-24-12-8-6-9-13-24)38-30(36-27)25-14-10-7-11-15-25/h6-15,22,26H,5,16-21,23H2,1-4H3,(H,37,42)(H,35,36,38)/t26-/m0/s1. The Morgan fingerprint density at radius 2 is 1.57 bits per heavy atom. The number of esters is 1. The molecule has 0 unspecified atom stereocenters. The topological polar surface area (TPSA) is 152 Å². The number of nitrogens with one attached hydrogen (secondary N) is 2. The molecule has 250 valence electrons. The largest absolute Gasteiger partial charge is 0.527 e. The first-order chi connectivity index (χ1) is 22.5. The Morgan fingerprint density at radius 1 is 0.915 bits per heavy atom. The van der Waals surface area contributed by atoms with Crippen molar-refractivity contribution in [1.29, 1.82) is 0 Å². The highest BCUT2D eigenvalue weighted by atomic mass is 16.8. The molecule has 0 aliphatic carbocycles. The third-order valence-corrected chi connectivity index (χ3v) is 6.98. The van der Waals surface area contributed by atoms with E-state index in [0.29, 0.717) is 23.8 Å². The Labute approximate surface area is 274 Å². The number of hydrogen-bond acceptors (Lipinski definition) is 11. The number of hydrogen-bond donors (Lipinski definition) is 2. The van der Waals surface area contributed by atoms with Gasteiger partial charge in [-0.25, -0.2) is 14.8 Å². The average molecular weight is 647 g/mol. The Hall–Kier alpha value is -5.04. The van der Waals surface area contributed by atoms with Crippen LogP contribution in [0, 0.1) is 0 Å². The van der Waals surface area contributed by atoms with Crippen molar-refractivity contribution in [3.63, 3.8) is 0 Å².